The van der Waals surface area contributed by atoms with Gasteiger partial charge in [-0.15, -0.1) is 0 Å². The van der Waals surface area contributed by atoms with Gasteiger partial charge in [0.05, 0.1) is 4.92 Å². The SMILES string of the molecule is CNc1cc(C(=O)Nc2ccon2)c([N+](=O)[O-])cn1. The van der Waals surface area contributed by atoms with Crippen LogP contribution in [0, 0.1) is 10.1 Å². The van der Waals surface area contributed by atoms with Gasteiger partial charge < -0.3 is 15.2 Å². The fourth-order valence-electron chi connectivity index (χ4n) is 1.37. The Hall–Kier alpha value is -2.97. The summed E-state index contributed by atoms with van der Waals surface area (Å²) in [7, 11) is 1.59. The third-order valence-corrected chi connectivity index (χ3v) is 2.26. The monoisotopic (exact) mass is 263 g/mol. The molecular weight excluding hydrogens is 254 g/mol. The van der Waals surface area contributed by atoms with Crippen molar-refractivity contribution in [2.24, 2.45) is 0 Å². The van der Waals surface area contributed by atoms with Crippen molar-refractivity contribution >= 4 is 23.2 Å². The molecule has 2 aromatic rings. The highest BCUT2D eigenvalue weighted by atomic mass is 16.6. The van der Waals surface area contributed by atoms with Crippen LogP contribution in [0.4, 0.5) is 17.3 Å². The maximum absolute atomic E-state index is 12.0. The van der Waals surface area contributed by atoms with Crippen molar-refractivity contribution < 1.29 is 14.2 Å². The number of hydrogen-bond donors (Lipinski definition) is 2. The van der Waals surface area contributed by atoms with Gasteiger partial charge in [-0.3, -0.25) is 14.9 Å². The van der Waals surface area contributed by atoms with E-state index in [1.807, 2.05) is 0 Å². The smallest absolute Gasteiger partial charge is 0.300 e. The molecule has 0 spiro atoms. The van der Waals surface area contributed by atoms with Crippen LogP contribution >= 0.6 is 0 Å². The van der Waals surface area contributed by atoms with Crippen molar-refractivity contribution in [3.05, 3.63) is 40.3 Å². The molecule has 2 aromatic heterocycles. The van der Waals surface area contributed by atoms with Crippen molar-refractivity contribution in [2.75, 3.05) is 17.7 Å². The van der Waals surface area contributed by atoms with Gasteiger partial charge in [0.2, 0.25) is 0 Å². The van der Waals surface area contributed by atoms with Crippen LogP contribution in [0.15, 0.2) is 29.1 Å². The zero-order valence-corrected chi connectivity index (χ0v) is 9.78. The molecule has 9 nitrogen and oxygen atoms in total. The average Bonchev–Trinajstić information content (AvgIpc) is 2.90. The van der Waals surface area contributed by atoms with Crippen LogP contribution < -0.4 is 10.6 Å². The molecule has 0 aliphatic carbocycles. The molecule has 19 heavy (non-hydrogen) atoms. The lowest BCUT2D eigenvalue weighted by Crippen LogP contribution is -2.15. The zero-order valence-electron chi connectivity index (χ0n) is 9.78. The largest absolute Gasteiger partial charge is 0.373 e. The third kappa shape index (κ3) is 2.65. The molecule has 2 heterocycles. The Kier molecular flexibility index (Phi) is 3.37. The first kappa shape index (κ1) is 12.5. The number of hydrogen-bond acceptors (Lipinski definition) is 7. The first-order chi connectivity index (χ1) is 9.11. The van der Waals surface area contributed by atoms with Gasteiger partial charge in [-0.1, -0.05) is 5.16 Å². The van der Waals surface area contributed by atoms with E-state index in [0.717, 1.165) is 6.20 Å². The lowest BCUT2D eigenvalue weighted by atomic mass is 10.2. The van der Waals surface area contributed by atoms with Crippen LogP contribution in [0.2, 0.25) is 0 Å². The van der Waals surface area contributed by atoms with E-state index < -0.39 is 10.8 Å². The number of nitro groups is 1. The van der Waals surface area contributed by atoms with Gasteiger partial charge in [0.15, 0.2) is 5.82 Å². The Morgan fingerprint density at radius 1 is 1.47 bits per heavy atom. The molecule has 9 heteroatoms. The summed E-state index contributed by atoms with van der Waals surface area (Å²) in [6.07, 6.45) is 2.29. The first-order valence-electron chi connectivity index (χ1n) is 5.15. The molecule has 2 N–H and O–H groups in total. The van der Waals surface area contributed by atoms with Crippen molar-refractivity contribution in [1.82, 2.24) is 10.1 Å². The number of carbonyl (C=O) groups excluding carboxylic acids is 1. The normalized spacial score (nSPS) is 9.95. The Morgan fingerprint density at radius 3 is 2.84 bits per heavy atom. The van der Waals surface area contributed by atoms with Gasteiger partial charge in [0, 0.05) is 19.2 Å². The van der Waals surface area contributed by atoms with E-state index in [1.54, 1.807) is 7.05 Å². The molecule has 2 rings (SSSR count). The number of anilines is 2. The lowest BCUT2D eigenvalue weighted by Gasteiger charge is -2.05. The average molecular weight is 263 g/mol. The Balaban J connectivity index is 2.35. The van der Waals surface area contributed by atoms with Crippen LogP contribution in [0.5, 0.6) is 0 Å². The standard InChI is InChI=1S/C10H9N5O4/c1-11-9-4-6(7(5-12-9)15(17)18)10(16)13-8-2-3-19-14-8/h2-5H,1H3,(H,11,12)(H,13,14,16). The minimum Gasteiger partial charge on any atom is -0.373 e. The number of nitrogens with zero attached hydrogens (tertiary/aromatic N) is 3. The van der Waals surface area contributed by atoms with Gasteiger partial charge in [0.25, 0.3) is 11.6 Å². The van der Waals surface area contributed by atoms with E-state index in [9.17, 15) is 14.9 Å². The molecule has 0 aromatic carbocycles. The lowest BCUT2D eigenvalue weighted by molar-refractivity contribution is -0.385. The number of aromatic nitrogens is 2. The van der Waals surface area contributed by atoms with E-state index in [2.05, 4.69) is 25.3 Å². The molecule has 0 aliphatic rings. The summed E-state index contributed by atoms with van der Waals surface area (Å²) in [4.78, 5) is 25.9. The van der Waals surface area contributed by atoms with Crippen molar-refractivity contribution in [2.45, 2.75) is 0 Å². The molecule has 0 fully saturated rings. The van der Waals surface area contributed by atoms with Gasteiger partial charge in [-0.2, -0.15) is 0 Å². The van der Waals surface area contributed by atoms with Crippen LogP contribution in [-0.2, 0) is 0 Å². The minimum absolute atomic E-state index is 0.118. The second kappa shape index (κ2) is 5.12. The summed E-state index contributed by atoms with van der Waals surface area (Å²) in [5.41, 5.74) is -0.507. The molecular formula is C10H9N5O4. The number of pyridine rings is 1. The highest BCUT2D eigenvalue weighted by Gasteiger charge is 2.22. The maximum atomic E-state index is 12.0. The molecule has 0 atom stereocenters. The fourth-order valence-corrected chi connectivity index (χ4v) is 1.37. The highest BCUT2D eigenvalue weighted by molar-refractivity contribution is 6.06. The fraction of sp³-hybridized carbons (Fsp3) is 0.100. The van der Waals surface area contributed by atoms with Crippen molar-refractivity contribution in [3.8, 4) is 0 Å². The molecule has 0 bridgehead atoms. The Labute approximate surface area is 106 Å². The maximum Gasteiger partial charge on any atom is 0.300 e. The van der Waals surface area contributed by atoms with Gasteiger partial charge in [-0.25, -0.2) is 4.98 Å². The van der Waals surface area contributed by atoms with Crippen LogP contribution in [0.1, 0.15) is 10.4 Å². The second-order valence-electron chi connectivity index (χ2n) is 3.43. The molecule has 0 saturated carbocycles. The molecule has 0 radical (unpaired) electrons. The number of nitrogens with one attached hydrogen (secondary N) is 2. The van der Waals surface area contributed by atoms with Crippen LogP contribution in [0.3, 0.4) is 0 Å². The number of amides is 1. The van der Waals surface area contributed by atoms with Crippen molar-refractivity contribution in [1.29, 1.82) is 0 Å². The topological polar surface area (TPSA) is 123 Å². The van der Waals surface area contributed by atoms with Gasteiger partial charge in [-0.05, 0) is 0 Å². The Bertz CT molecular complexity index is 610. The highest BCUT2D eigenvalue weighted by Crippen LogP contribution is 2.21. The summed E-state index contributed by atoms with van der Waals surface area (Å²) in [5.74, 6) is -0.155. The minimum atomic E-state index is -0.676. The van der Waals surface area contributed by atoms with Gasteiger partial charge >= 0.3 is 0 Å². The summed E-state index contributed by atoms with van der Waals surface area (Å²) in [5, 5.41) is 19.4. The van der Waals surface area contributed by atoms with E-state index in [4.69, 9.17) is 0 Å². The van der Waals surface area contributed by atoms with Crippen molar-refractivity contribution in [3.63, 3.8) is 0 Å². The zero-order chi connectivity index (χ0) is 13.8. The summed E-state index contributed by atoms with van der Waals surface area (Å²) in [6.45, 7) is 0. The van der Waals surface area contributed by atoms with E-state index in [1.165, 1.54) is 18.4 Å². The molecule has 98 valence electrons. The first-order valence-corrected chi connectivity index (χ1v) is 5.15. The predicted octanol–water partition coefficient (Wildman–Crippen LogP) is 1.27. The van der Waals surface area contributed by atoms with Gasteiger partial charge in [0.1, 0.15) is 23.8 Å². The molecule has 0 saturated heterocycles. The van der Waals surface area contributed by atoms with Crippen LogP contribution in [0.25, 0.3) is 0 Å². The van der Waals surface area contributed by atoms with Crippen LogP contribution in [-0.4, -0.2) is 28.0 Å². The van der Waals surface area contributed by atoms with E-state index in [-0.39, 0.29) is 17.1 Å². The summed E-state index contributed by atoms with van der Waals surface area (Å²) >= 11 is 0. The van der Waals surface area contributed by atoms with E-state index in [0.29, 0.717) is 5.82 Å². The number of carbonyl (C=O) groups is 1. The van der Waals surface area contributed by atoms with E-state index >= 15 is 0 Å². The molecule has 0 aliphatic heterocycles. The third-order valence-electron chi connectivity index (χ3n) is 2.26. The quantitative estimate of drug-likeness (QED) is 0.628. The molecule has 0 unspecified atom stereocenters. The summed E-state index contributed by atoms with van der Waals surface area (Å²) in [6, 6.07) is 2.71. The Morgan fingerprint density at radius 2 is 2.26 bits per heavy atom. The summed E-state index contributed by atoms with van der Waals surface area (Å²) < 4.78 is 4.55. The second-order valence-corrected chi connectivity index (χ2v) is 3.43. The number of rotatable bonds is 4. The predicted molar refractivity (Wildman–Crippen MR) is 64.9 cm³/mol. The molecule has 1 amide bonds.